The quantitative estimate of drug-likeness (QED) is 0.583. The Bertz CT molecular complexity index is 261. The standard InChI is InChI=1S/C12H17F.2C2H6/c1-8(2)10-5-11(9(3)4)7-12(13)6-10;2*1-2/h5-9H,1-4H3;2*1-2H3. The zero-order valence-electron chi connectivity index (χ0n) is 12.8. The first-order chi connectivity index (χ1) is 8.00. The minimum absolute atomic E-state index is 0.116. The third-order valence-electron chi connectivity index (χ3n) is 2.28. The predicted molar refractivity (Wildman–Crippen MR) is 77.3 cm³/mol. The number of halogens is 1. The molecule has 1 rings (SSSR count). The van der Waals surface area contributed by atoms with Gasteiger partial charge in [0.15, 0.2) is 0 Å². The average molecular weight is 240 g/mol. The van der Waals surface area contributed by atoms with E-state index in [4.69, 9.17) is 0 Å². The monoisotopic (exact) mass is 240 g/mol. The van der Waals surface area contributed by atoms with E-state index in [1.165, 1.54) is 0 Å². The van der Waals surface area contributed by atoms with Gasteiger partial charge in [0.05, 0.1) is 0 Å². The molecule has 0 radical (unpaired) electrons. The molecule has 100 valence electrons. The Morgan fingerprint density at radius 2 is 1.00 bits per heavy atom. The molecule has 0 saturated carbocycles. The van der Waals surface area contributed by atoms with Gasteiger partial charge in [-0.1, -0.05) is 61.5 Å². The Kier molecular flexibility index (Phi) is 11.2. The summed E-state index contributed by atoms with van der Waals surface area (Å²) in [6, 6.07) is 5.34. The maximum atomic E-state index is 13.1. The van der Waals surface area contributed by atoms with Crippen LogP contribution in [0.5, 0.6) is 0 Å². The molecule has 0 unspecified atom stereocenters. The predicted octanol–water partition coefficient (Wildman–Crippen LogP) is 6.12. The highest BCUT2D eigenvalue weighted by atomic mass is 19.1. The minimum Gasteiger partial charge on any atom is -0.207 e. The van der Waals surface area contributed by atoms with Gasteiger partial charge in [-0.15, -0.1) is 0 Å². The Morgan fingerprint density at radius 3 is 1.24 bits per heavy atom. The molecule has 1 aromatic carbocycles. The van der Waals surface area contributed by atoms with E-state index in [-0.39, 0.29) is 5.82 Å². The Morgan fingerprint density at radius 1 is 0.706 bits per heavy atom. The Labute approximate surface area is 107 Å². The summed E-state index contributed by atoms with van der Waals surface area (Å²) in [7, 11) is 0. The second-order valence-electron chi connectivity index (χ2n) is 4.13. The van der Waals surface area contributed by atoms with Gasteiger partial charge in [0, 0.05) is 0 Å². The van der Waals surface area contributed by atoms with Gasteiger partial charge in [-0.2, -0.15) is 0 Å². The molecule has 0 aromatic heterocycles. The molecule has 0 fully saturated rings. The molecular weight excluding hydrogens is 211 g/mol. The fourth-order valence-electron chi connectivity index (χ4n) is 1.30. The van der Waals surface area contributed by atoms with Gasteiger partial charge in [0.1, 0.15) is 5.82 Å². The molecular formula is C16H29F. The molecule has 0 atom stereocenters. The lowest BCUT2D eigenvalue weighted by molar-refractivity contribution is 0.618. The summed E-state index contributed by atoms with van der Waals surface area (Å²) in [5, 5.41) is 0. The highest BCUT2D eigenvalue weighted by Crippen LogP contribution is 2.22. The molecule has 0 aliphatic carbocycles. The molecule has 17 heavy (non-hydrogen) atoms. The van der Waals surface area contributed by atoms with Gasteiger partial charge < -0.3 is 0 Å². The van der Waals surface area contributed by atoms with E-state index in [0.717, 1.165) is 11.1 Å². The molecule has 1 aromatic rings. The van der Waals surface area contributed by atoms with Gasteiger partial charge in [0.25, 0.3) is 0 Å². The third-order valence-corrected chi connectivity index (χ3v) is 2.28. The normalized spacial score (nSPS) is 9.35. The van der Waals surface area contributed by atoms with Crippen LogP contribution < -0.4 is 0 Å². The maximum absolute atomic E-state index is 13.1. The molecule has 0 amide bonds. The third kappa shape index (κ3) is 7.14. The molecule has 0 saturated heterocycles. The highest BCUT2D eigenvalue weighted by molar-refractivity contribution is 5.28. The first kappa shape index (κ1) is 18.5. The van der Waals surface area contributed by atoms with Gasteiger partial charge in [-0.25, -0.2) is 4.39 Å². The molecule has 0 nitrogen and oxygen atoms in total. The van der Waals surface area contributed by atoms with Crippen molar-refractivity contribution in [3.05, 3.63) is 35.1 Å². The number of rotatable bonds is 2. The van der Waals surface area contributed by atoms with Crippen LogP contribution in [-0.4, -0.2) is 0 Å². The minimum atomic E-state index is -0.116. The number of hydrogen-bond acceptors (Lipinski definition) is 0. The van der Waals surface area contributed by atoms with Crippen molar-refractivity contribution in [2.45, 2.75) is 67.2 Å². The van der Waals surface area contributed by atoms with Crippen molar-refractivity contribution >= 4 is 0 Å². The molecule has 0 N–H and O–H groups in total. The first-order valence-corrected chi connectivity index (χ1v) is 6.81. The first-order valence-electron chi connectivity index (χ1n) is 6.81. The maximum Gasteiger partial charge on any atom is 0.123 e. The van der Waals surface area contributed by atoms with Crippen LogP contribution in [0.2, 0.25) is 0 Å². The summed E-state index contributed by atoms with van der Waals surface area (Å²) in [6.07, 6.45) is 0. The summed E-state index contributed by atoms with van der Waals surface area (Å²) in [5.41, 5.74) is 2.17. The Balaban J connectivity index is 0. The van der Waals surface area contributed by atoms with Crippen molar-refractivity contribution in [2.24, 2.45) is 0 Å². The van der Waals surface area contributed by atoms with Crippen LogP contribution in [0.4, 0.5) is 4.39 Å². The van der Waals surface area contributed by atoms with Crippen LogP contribution in [0, 0.1) is 5.82 Å². The van der Waals surface area contributed by atoms with E-state index in [1.54, 1.807) is 12.1 Å². The lowest BCUT2D eigenvalue weighted by Crippen LogP contribution is -1.94. The van der Waals surface area contributed by atoms with E-state index in [1.807, 2.05) is 27.7 Å². The molecule has 0 heterocycles. The molecule has 1 heteroatoms. The van der Waals surface area contributed by atoms with Gasteiger partial charge in [0.2, 0.25) is 0 Å². The van der Waals surface area contributed by atoms with E-state index in [2.05, 4.69) is 33.8 Å². The summed E-state index contributed by atoms with van der Waals surface area (Å²) in [6.45, 7) is 16.3. The molecule has 0 aliphatic heterocycles. The van der Waals surface area contributed by atoms with Crippen molar-refractivity contribution in [3.8, 4) is 0 Å². The summed E-state index contributed by atoms with van der Waals surface area (Å²) in [4.78, 5) is 0. The lowest BCUT2D eigenvalue weighted by atomic mass is 9.96. The topological polar surface area (TPSA) is 0 Å². The van der Waals surface area contributed by atoms with Crippen molar-refractivity contribution in [1.82, 2.24) is 0 Å². The SMILES string of the molecule is CC.CC.CC(C)c1cc(F)cc(C(C)C)c1. The van der Waals surface area contributed by atoms with Crippen LogP contribution in [0.3, 0.4) is 0 Å². The van der Waals surface area contributed by atoms with Crippen LogP contribution in [0.1, 0.15) is 78.4 Å². The van der Waals surface area contributed by atoms with Crippen LogP contribution in [0.15, 0.2) is 18.2 Å². The zero-order valence-corrected chi connectivity index (χ0v) is 12.8. The van der Waals surface area contributed by atoms with E-state index < -0.39 is 0 Å². The molecule has 0 spiro atoms. The van der Waals surface area contributed by atoms with Gasteiger partial charge >= 0.3 is 0 Å². The highest BCUT2D eigenvalue weighted by Gasteiger charge is 2.06. The molecule has 0 bridgehead atoms. The smallest absolute Gasteiger partial charge is 0.123 e. The summed E-state index contributed by atoms with van der Waals surface area (Å²) in [5.74, 6) is 0.677. The van der Waals surface area contributed by atoms with E-state index in [9.17, 15) is 4.39 Å². The van der Waals surface area contributed by atoms with Gasteiger partial charge in [-0.3, -0.25) is 0 Å². The van der Waals surface area contributed by atoms with Crippen molar-refractivity contribution in [1.29, 1.82) is 0 Å². The average Bonchev–Trinajstić information content (AvgIpc) is 2.33. The van der Waals surface area contributed by atoms with Crippen molar-refractivity contribution in [3.63, 3.8) is 0 Å². The van der Waals surface area contributed by atoms with Crippen LogP contribution in [-0.2, 0) is 0 Å². The second-order valence-corrected chi connectivity index (χ2v) is 4.13. The van der Waals surface area contributed by atoms with Crippen LogP contribution in [0.25, 0.3) is 0 Å². The largest absolute Gasteiger partial charge is 0.207 e. The van der Waals surface area contributed by atoms with Crippen molar-refractivity contribution in [2.75, 3.05) is 0 Å². The van der Waals surface area contributed by atoms with Gasteiger partial charge in [-0.05, 0) is 35.1 Å². The fourth-order valence-corrected chi connectivity index (χ4v) is 1.30. The Hall–Kier alpha value is -0.850. The van der Waals surface area contributed by atoms with E-state index >= 15 is 0 Å². The summed E-state index contributed by atoms with van der Waals surface area (Å²) < 4.78 is 13.1. The lowest BCUT2D eigenvalue weighted by Gasteiger charge is -2.11. The molecule has 0 aliphatic rings. The number of hydrogen-bond donors (Lipinski definition) is 0. The fraction of sp³-hybridized carbons (Fsp3) is 0.625. The number of benzene rings is 1. The van der Waals surface area contributed by atoms with Crippen molar-refractivity contribution < 1.29 is 4.39 Å². The van der Waals surface area contributed by atoms with E-state index in [0.29, 0.717) is 11.8 Å². The zero-order chi connectivity index (χ0) is 14.0. The summed E-state index contributed by atoms with van der Waals surface area (Å²) >= 11 is 0. The second kappa shape index (κ2) is 10.3. The van der Waals surface area contributed by atoms with Crippen LogP contribution >= 0.6 is 0 Å².